The molecule has 2 saturated heterocycles. The van der Waals surface area contributed by atoms with Gasteiger partial charge in [0, 0.05) is 44.1 Å². The zero-order valence-corrected chi connectivity index (χ0v) is 15.7. The summed E-state index contributed by atoms with van der Waals surface area (Å²) in [5.74, 6) is 1.21. The van der Waals surface area contributed by atoms with Crippen LogP contribution in [0.1, 0.15) is 24.8 Å². The second kappa shape index (κ2) is 7.18. The molecule has 8 heteroatoms. The maximum absolute atomic E-state index is 12.8. The van der Waals surface area contributed by atoms with Gasteiger partial charge in [-0.25, -0.2) is 19.5 Å². The average molecular weight is 377 g/mol. The molecule has 28 heavy (non-hydrogen) atoms. The minimum absolute atomic E-state index is 0.124. The summed E-state index contributed by atoms with van der Waals surface area (Å²) in [5, 5.41) is 4.19. The predicted octanol–water partition coefficient (Wildman–Crippen LogP) is 1.58. The van der Waals surface area contributed by atoms with E-state index in [2.05, 4.69) is 35.9 Å². The number of hydrogen-bond donors (Lipinski definition) is 0. The van der Waals surface area contributed by atoms with Crippen LogP contribution in [0.2, 0.25) is 0 Å². The van der Waals surface area contributed by atoms with Crippen LogP contribution in [0.3, 0.4) is 0 Å². The largest absolute Gasteiger partial charge is 0.337 e. The number of piperazine rings is 1. The molecule has 1 amide bonds. The molecule has 0 spiro atoms. The lowest BCUT2D eigenvalue weighted by Gasteiger charge is -2.37. The van der Waals surface area contributed by atoms with Gasteiger partial charge in [0.25, 0.3) is 0 Å². The van der Waals surface area contributed by atoms with Crippen LogP contribution in [-0.2, 0) is 11.2 Å². The Morgan fingerprint density at radius 3 is 2.89 bits per heavy atom. The number of aryl methyl sites for hydroxylation is 1. The van der Waals surface area contributed by atoms with Gasteiger partial charge in [-0.15, -0.1) is 0 Å². The standard InChI is InChI=1S/C20H23N7O/c28-19-16(5-1-4-15-6-2-9-27-18(15)23-14-24-27)12-17-13-25(10-11-26(17)19)20-21-7-3-8-22-20/h2-3,6-9,14,16-17H,1,4-5,10-13H2/t16?,17-/m0/s1. The molecule has 0 aliphatic carbocycles. The molecule has 3 aromatic rings. The number of carbonyl (C=O) groups excluding carboxylic acids is 1. The van der Waals surface area contributed by atoms with Crippen LogP contribution in [0, 0.1) is 5.92 Å². The Bertz CT molecular complexity index is 973. The molecule has 0 saturated carbocycles. The first-order chi connectivity index (χ1) is 13.8. The molecule has 1 unspecified atom stereocenters. The van der Waals surface area contributed by atoms with E-state index in [1.165, 1.54) is 5.56 Å². The van der Waals surface area contributed by atoms with E-state index in [4.69, 9.17) is 0 Å². The molecule has 8 nitrogen and oxygen atoms in total. The first-order valence-electron chi connectivity index (χ1n) is 9.89. The Labute approximate surface area is 163 Å². The van der Waals surface area contributed by atoms with Gasteiger partial charge in [0.15, 0.2) is 5.65 Å². The van der Waals surface area contributed by atoms with Crippen molar-refractivity contribution < 1.29 is 4.79 Å². The Morgan fingerprint density at radius 1 is 1.11 bits per heavy atom. The molecule has 2 aliphatic rings. The fourth-order valence-corrected chi connectivity index (χ4v) is 4.53. The topological polar surface area (TPSA) is 79.5 Å². The van der Waals surface area contributed by atoms with Gasteiger partial charge in [-0.05, 0) is 43.4 Å². The second-order valence-corrected chi connectivity index (χ2v) is 7.57. The highest BCUT2D eigenvalue weighted by atomic mass is 16.2. The second-order valence-electron chi connectivity index (χ2n) is 7.57. The monoisotopic (exact) mass is 377 g/mol. The fourth-order valence-electron chi connectivity index (χ4n) is 4.53. The Kier molecular flexibility index (Phi) is 4.38. The van der Waals surface area contributed by atoms with Gasteiger partial charge in [0.05, 0.1) is 6.04 Å². The number of fused-ring (bicyclic) bond motifs is 2. The number of rotatable bonds is 5. The van der Waals surface area contributed by atoms with E-state index in [1.807, 2.05) is 18.3 Å². The molecule has 5 rings (SSSR count). The summed E-state index contributed by atoms with van der Waals surface area (Å²) in [4.78, 5) is 30.2. The van der Waals surface area contributed by atoms with Crippen molar-refractivity contribution in [2.75, 3.05) is 24.5 Å². The van der Waals surface area contributed by atoms with Crippen LogP contribution in [0.4, 0.5) is 5.95 Å². The van der Waals surface area contributed by atoms with Crippen LogP contribution in [0.25, 0.3) is 5.65 Å². The van der Waals surface area contributed by atoms with Gasteiger partial charge in [0.2, 0.25) is 11.9 Å². The number of nitrogens with zero attached hydrogens (tertiary/aromatic N) is 7. The van der Waals surface area contributed by atoms with E-state index in [1.54, 1.807) is 23.2 Å². The average Bonchev–Trinajstić information content (AvgIpc) is 3.34. The van der Waals surface area contributed by atoms with Crippen molar-refractivity contribution >= 4 is 17.5 Å². The van der Waals surface area contributed by atoms with Crippen molar-refractivity contribution in [1.29, 1.82) is 0 Å². The van der Waals surface area contributed by atoms with Gasteiger partial charge >= 0.3 is 0 Å². The van der Waals surface area contributed by atoms with Crippen LogP contribution in [-0.4, -0.2) is 61.0 Å². The number of amides is 1. The first kappa shape index (κ1) is 17.1. The summed E-state index contributed by atoms with van der Waals surface area (Å²) in [5.41, 5.74) is 2.10. The van der Waals surface area contributed by atoms with Crippen molar-refractivity contribution in [3.8, 4) is 0 Å². The smallest absolute Gasteiger partial charge is 0.226 e. The molecule has 0 aromatic carbocycles. The molecule has 2 aliphatic heterocycles. The fraction of sp³-hybridized carbons (Fsp3) is 0.450. The number of carbonyl (C=O) groups is 1. The zero-order valence-electron chi connectivity index (χ0n) is 15.7. The van der Waals surface area contributed by atoms with Crippen molar-refractivity contribution in [3.05, 3.63) is 48.7 Å². The molecular formula is C20H23N7O. The molecule has 0 bridgehead atoms. The van der Waals surface area contributed by atoms with Crippen molar-refractivity contribution in [2.45, 2.75) is 31.7 Å². The molecule has 2 atom stereocenters. The molecule has 144 valence electrons. The molecule has 3 aromatic heterocycles. The maximum atomic E-state index is 12.8. The van der Waals surface area contributed by atoms with Crippen LogP contribution in [0.15, 0.2) is 43.1 Å². The summed E-state index contributed by atoms with van der Waals surface area (Å²) in [6.07, 6.45) is 10.8. The van der Waals surface area contributed by atoms with Crippen LogP contribution >= 0.6 is 0 Å². The zero-order chi connectivity index (χ0) is 18.9. The highest BCUT2D eigenvalue weighted by Crippen LogP contribution is 2.32. The van der Waals surface area contributed by atoms with E-state index in [0.717, 1.165) is 56.9 Å². The third-order valence-corrected chi connectivity index (χ3v) is 5.89. The van der Waals surface area contributed by atoms with Gasteiger partial charge in [-0.3, -0.25) is 4.79 Å². The first-order valence-corrected chi connectivity index (χ1v) is 9.89. The third kappa shape index (κ3) is 3.08. The van der Waals surface area contributed by atoms with Gasteiger partial charge in [-0.2, -0.15) is 5.10 Å². The lowest BCUT2D eigenvalue weighted by Crippen LogP contribution is -2.52. The van der Waals surface area contributed by atoms with E-state index in [9.17, 15) is 4.79 Å². The van der Waals surface area contributed by atoms with E-state index >= 15 is 0 Å². The minimum Gasteiger partial charge on any atom is -0.337 e. The minimum atomic E-state index is 0.124. The van der Waals surface area contributed by atoms with Gasteiger partial charge < -0.3 is 9.80 Å². The molecule has 0 N–H and O–H groups in total. The third-order valence-electron chi connectivity index (χ3n) is 5.89. The van der Waals surface area contributed by atoms with E-state index in [0.29, 0.717) is 5.91 Å². The summed E-state index contributed by atoms with van der Waals surface area (Å²) in [7, 11) is 0. The summed E-state index contributed by atoms with van der Waals surface area (Å²) in [6.45, 7) is 2.39. The summed E-state index contributed by atoms with van der Waals surface area (Å²) >= 11 is 0. The highest BCUT2D eigenvalue weighted by molar-refractivity contribution is 5.82. The number of aromatic nitrogens is 5. The van der Waals surface area contributed by atoms with Crippen molar-refractivity contribution in [1.82, 2.24) is 29.5 Å². The predicted molar refractivity (Wildman–Crippen MR) is 104 cm³/mol. The normalized spacial score (nSPS) is 22.1. The lowest BCUT2D eigenvalue weighted by atomic mass is 9.96. The SMILES string of the molecule is O=C1C(CCCc2cccn3ncnc23)C[C@H]2CN(c3ncccn3)CCN12. The van der Waals surface area contributed by atoms with Crippen LogP contribution in [0.5, 0.6) is 0 Å². The summed E-state index contributed by atoms with van der Waals surface area (Å²) < 4.78 is 1.80. The van der Waals surface area contributed by atoms with Gasteiger partial charge in [-0.1, -0.05) is 6.07 Å². The number of pyridine rings is 1. The Balaban J connectivity index is 1.20. The summed E-state index contributed by atoms with van der Waals surface area (Å²) in [6, 6.07) is 6.20. The molecular weight excluding hydrogens is 354 g/mol. The lowest BCUT2D eigenvalue weighted by molar-refractivity contribution is -0.132. The molecule has 2 fully saturated rings. The van der Waals surface area contributed by atoms with Crippen molar-refractivity contribution in [3.63, 3.8) is 0 Å². The Morgan fingerprint density at radius 2 is 2.00 bits per heavy atom. The number of anilines is 1. The van der Waals surface area contributed by atoms with Crippen molar-refractivity contribution in [2.24, 2.45) is 5.92 Å². The maximum Gasteiger partial charge on any atom is 0.226 e. The van der Waals surface area contributed by atoms with Gasteiger partial charge in [0.1, 0.15) is 6.33 Å². The van der Waals surface area contributed by atoms with Crippen LogP contribution < -0.4 is 4.90 Å². The molecule has 5 heterocycles. The number of hydrogen-bond acceptors (Lipinski definition) is 6. The Hall–Kier alpha value is -3.03. The quantitative estimate of drug-likeness (QED) is 0.672. The van der Waals surface area contributed by atoms with E-state index < -0.39 is 0 Å². The molecule has 0 radical (unpaired) electrons. The van der Waals surface area contributed by atoms with E-state index in [-0.39, 0.29) is 12.0 Å². The highest BCUT2D eigenvalue weighted by Gasteiger charge is 2.42.